The Hall–Kier alpha value is -2.04. The van der Waals surface area contributed by atoms with E-state index < -0.39 is 11.9 Å². The van der Waals surface area contributed by atoms with Gasteiger partial charge in [0.25, 0.3) is 5.91 Å². The zero-order valence-corrected chi connectivity index (χ0v) is 8.90. The van der Waals surface area contributed by atoms with E-state index >= 15 is 0 Å². The minimum absolute atomic E-state index is 0.121. The van der Waals surface area contributed by atoms with E-state index in [1.54, 1.807) is 19.1 Å². The molecule has 0 aliphatic rings. The second kappa shape index (κ2) is 5.75. The lowest BCUT2D eigenvalue weighted by Gasteiger charge is -2.05. The number of phenols is 1. The van der Waals surface area contributed by atoms with Crippen molar-refractivity contribution in [2.24, 2.45) is 0 Å². The summed E-state index contributed by atoms with van der Waals surface area (Å²) in [6, 6.07) is 6.01. The van der Waals surface area contributed by atoms with Gasteiger partial charge >= 0.3 is 5.97 Å². The summed E-state index contributed by atoms with van der Waals surface area (Å²) < 4.78 is 4.65. The average molecular weight is 223 g/mol. The molecule has 16 heavy (non-hydrogen) atoms. The number of esters is 1. The number of ether oxygens (including phenoxy) is 1. The highest BCUT2D eigenvalue weighted by molar-refractivity contribution is 5.92. The van der Waals surface area contributed by atoms with Crippen LogP contribution in [0, 0.1) is 0 Å². The Labute approximate surface area is 93.0 Å². The van der Waals surface area contributed by atoms with Gasteiger partial charge in [-0.3, -0.25) is 9.59 Å². The third-order valence-corrected chi connectivity index (χ3v) is 1.80. The fourth-order valence-electron chi connectivity index (χ4n) is 0.990. The number of anilines is 1. The zero-order valence-electron chi connectivity index (χ0n) is 8.90. The molecule has 5 heteroatoms. The van der Waals surface area contributed by atoms with Gasteiger partial charge in [-0.05, 0) is 24.3 Å². The molecule has 1 rings (SSSR count). The molecule has 0 spiro atoms. The van der Waals surface area contributed by atoms with Crippen LogP contribution in [0.25, 0.3) is 0 Å². The van der Waals surface area contributed by atoms with E-state index in [1.807, 2.05) is 0 Å². The van der Waals surface area contributed by atoms with Crippen LogP contribution < -0.4 is 5.32 Å². The van der Waals surface area contributed by atoms with Gasteiger partial charge in [-0.1, -0.05) is 6.92 Å². The number of hydrogen-bond donors (Lipinski definition) is 2. The van der Waals surface area contributed by atoms with E-state index in [0.717, 1.165) is 0 Å². The molecule has 0 fully saturated rings. The fraction of sp³-hybridized carbons (Fsp3) is 0.273. The number of amides is 1. The number of phenolic OH excluding ortho intramolecular Hbond substituents is 1. The van der Waals surface area contributed by atoms with Gasteiger partial charge in [0.1, 0.15) is 5.75 Å². The summed E-state index contributed by atoms with van der Waals surface area (Å²) in [6.45, 7) is 1.35. The van der Waals surface area contributed by atoms with Crippen LogP contribution in [-0.2, 0) is 14.3 Å². The summed E-state index contributed by atoms with van der Waals surface area (Å²) in [7, 11) is 0. The van der Waals surface area contributed by atoms with E-state index in [4.69, 9.17) is 5.11 Å². The first-order chi connectivity index (χ1) is 7.61. The second-order valence-corrected chi connectivity index (χ2v) is 3.11. The summed E-state index contributed by atoms with van der Waals surface area (Å²) in [5.41, 5.74) is 0.537. The third kappa shape index (κ3) is 4.00. The molecule has 1 aromatic carbocycles. The summed E-state index contributed by atoms with van der Waals surface area (Å²) in [5.74, 6) is -0.705. The molecule has 0 heterocycles. The Bertz CT molecular complexity index is 372. The molecule has 1 aromatic rings. The average Bonchev–Trinajstić information content (AvgIpc) is 2.29. The van der Waals surface area contributed by atoms with Crippen LogP contribution in [0.2, 0.25) is 0 Å². The smallest absolute Gasteiger partial charge is 0.306 e. The molecule has 0 aliphatic heterocycles. The van der Waals surface area contributed by atoms with Crippen LogP contribution in [0.15, 0.2) is 24.3 Å². The molecule has 5 nitrogen and oxygen atoms in total. The van der Waals surface area contributed by atoms with Crippen LogP contribution >= 0.6 is 0 Å². The first-order valence-electron chi connectivity index (χ1n) is 4.86. The minimum atomic E-state index is -0.416. The molecule has 0 radical (unpaired) electrons. The van der Waals surface area contributed by atoms with Crippen molar-refractivity contribution in [1.29, 1.82) is 0 Å². The van der Waals surface area contributed by atoms with Gasteiger partial charge in [-0.15, -0.1) is 0 Å². The first kappa shape index (κ1) is 12.0. The van der Waals surface area contributed by atoms with Crippen LogP contribution in [0.4, 0.5) is 5.69 Å². The molecule has 86 valence electrons. The number of nitrogens with one attached hydrogen (secondary N) is 1. The van der Waals surface area contributed by atoms with Crippen LogP contribution in [0.1, 0.15) is 13.3 Å². The molecular weight excluding hydrogens is 210 g/mol. The molecule has 0 aliphatic carbocycles. The topological polar surface area (TPSA) is 75.6 Å². The molecule has 0 bridgehead atoms. The van der Waals surface area contributed by atoms with Crippen molar-refractivity contribution in [3.63, 3.8) is 0 Å². The lowest BCUT2D eigenvalue weighted by Crippen LogP contribution is -2.20. The third-order valence-electron chi connectivity index (χ3n) is 1.80. The van der Waals surface area contributed by atoms with Crippen LogP contribution in [0.3, 0.4) is 0 Å². The Kier molecular flexibility index (Phi) is 4.32. The van der Waals surface area contributed by atoms with Gasteiger partial charge < -0.3 is 15.2 Å². The number of hydrogen-bond acceptors (Lipinski definition) is 4. The van der Waals surface area contributed by atoms with E-state index in [-0.39, 0.29) is 18.8 Å². The quantitative estimate of drug-likeness (QED) is 0.595. The van der Waals surface area contributed by atoms with Gasteiger partial charge in [0.05, 0.1) is 0 Å². The summed E-state index contributed by atoms with van der Waals surface area (Å²) in [6.07, 6.45) is 0.243. The van der Waals surface area contributed by atoms with Crippen molar-refractivity contribution in [3.05, 3.63) is 24.3 Å². The number of rotatable bonds is 4. The van der Waals surface area contributed by atoms with Crippen LogP contribution in [0.5, 0.6) is 5.75 Å². The maximum atomic E-state index is 11.3. The van der Waals surface area contributed by atoms with E-state index in [2.05, 4.69) is 10.1 Å². The molecule has 2 N–H and O–H groups in total. The molecule has 0 saturated heterocycles. The lowest BCUT2D eigenvalue weighted by molar-refractivity contribution is -0.146. The van der Waals surface area contributed by atoms with Crippen molar-refractivity contribution >= 4 is 17.6 Å². The fourth-order valence-corrected chi connectivity index (χ4v) is 0.990. The highest BCUT2D eigenvalue weighted by Gasteiger charge is 2.05. The summed E-state index contributed by atoms with van der Waals surface area (Å²) >= 11 is 0. The van der Waals surface area contributed by atoms with Gasteiger partial charge in [0.15, 0.2) is 6.61 Å². The van der Waals surface area contributed by atoms with Crippen molar-refractivity contribution in [2.45, 2.75) is 13.3 Å². The number of carbonyl (C=O) groups is 2. The lowest BCUT2D eigenvalue weighted by atomic mass is 10.3. The molecule has 0 aromatic heterocycles. The predicted octanol–water partition coefficient (Wildman–Crippen LogP) is 1.28. The van der Waals surface area contributed by atoms with Gasteiger partial charge in [0.2, 0.25) is 0 Å². The van der Waals surface area contributed by atoms with E-state index in [0.29, 0.717) is 5.69 Å². The van der Waals surface area contributed by atoms with Crippen LogP contribution in [-0.4, -0.2) is 23.6 Å². The number of aromatic hydroxyl groups is 1. The normalized spacial score (nSPS) is 9.56. The van der Waals surface area contributed by atoms with Crippen molar-refractivity contribution in [1.82, 2.24) is 0 Å². The SMILES string of the molecule is CCC(=O)OCC(=O)Nc1ccc(O)cc1. The highest BCUT2D eigenvalue weighted by atomic mass is 16.5. The van der Waals surface area contributed by atoms with Crippen molar-refractivity contribution < 1.29 is 19.4 Å². The second-order valence-electron chi connectivity index (χ2n) is 3.11. The Morgan fingerprint density at radius 3 is 2.50 bits per heavy atom. The molecule has 0 unspecified atom stereocenters. The van der Waals surface area contributed by atoms with E-state index in [9.17, 15) is 9.59 Å². The predicted molar refractivity (Wildman–Crippen MR) is 58.0 cm³/mol. The van der Waals surface area contributed by atoms with Gasteiger partial charge in [-0.25, -0.2) is 0 Å². The maximum Gasteiger partial charge on any atom is 0.306 e. The largest absolute Gasteiger partial charge is 0.508 e. The monoisotopic (exact) mass is 223 g/mol. The van der Waals surface area contributed by atoms with Gasteiger partial charge in [-0.2, -0.15) is 0 Å². The van der Waals surface area contributed by atoms with Gasteiger partial charge in [0, 0.05) is 12.1 Å². The molecule has 1 amide bonds. The maximum absolute atomic E-state index is 11.3. The zero-order chi connectivity index (χ0) is 12.0. The Balaban J connectivity index is 2.40. The number of benzene rings is 1. The summed E-state index contributed by atoms with van der Waals surface area (Å²) in [4.78, 5) is 22.0. The van der Waals surface area contributed by atoms with Crippen molar-refractivity contribution in [3.8, 4) is 5.75 Å². The standard InChI is InChI=1S/C11H13NO4/c1-2-11(15)16-7-10(14)12-8-3-5-9(13)6-4-8/h3-6,13H,2,7H2,1H3,(H,12,14). The molecule has 0 saturated carbocycles. The van der Waals surface area contributed by atoms with Crippen molar-refractivity contribution in [2.75, 3.05) is 11.9 Å². The van der Waals surface area contributed by atoms with E-state index in [1.165, 1.54) is 12.1 Å². The minimum Gasteiger partial charge on any atom is -0.508 e. The first-order valence-corrected chi connectivity index (χ1v) is 4.86. The summed E-state index contributed by atoms with van der Waals surface area (Å²) in [5, 5.41) is 11.5. The molecular formula is C11H13NO4. The Morgan fingerprint density at radius 2 is 1.94 bits per heavy atom. The number of carbonyl (C=O) groups excluding carboxylic acids is 2. The molecule has 0 atom stereocenters. The Morgan fingerprint density at radius 1 is 1.31 bits per heavy atom. The highest BCUT2D eigenvalue weighted by Crippen LogP contribution is 2.13.